The van der Waals surface area contributed by atoms with Gasteiger partial charge in [0.25, 0.3) is 0 Å². The van der Waals surface area contributed by atoms with Crippen molar-refractivity contribution >= 4 is 5.97 Å². The zero-order chi connectivity index (χ0) is 9.84. The van der Waals surface area contributed by atoms with Crippen LogP contribution in [0, 0.1) is 11.3 Å². The Kier molecular flexibility index (Phi) is 2.70. The third kappa shape index (κ3) is 1.88. The molecule has 0 radical (unpaired) electrons. The first-order valence-electron chi connectivity index (χ1n) is 3.79. The molecule has 68 valence electrons. The fraction of sp³-hybridized carbons (Fsp3) is 0.333. The monoisotopic (exact) mass is 178 g/mol. The molecule has 1 heterocycles. The number of hydrogen-bond acceptors (Lipinski definition) is 3. The number of esters is 1. The van der Waals surface area contributed by atoms with Gasteiger partial charge in [0.2, 0.25) is 0 Å². The van der Waals surface area contributed by atoms with E-state index in [-0.39, 0.29) is 5.97 Å². The molecule has 0 aliphatic heterocycles. The molecule has 0 atom stereocenters. The van der Waals surface area contributed by atoms with Crippen molar-refractivity contribution in [3.05, 3.63) is 23.5 Å². The summed E-state index contributed by atoms with van der Waals surface area (Å²) in [4.78, 5) is 11.1. The Labute approximate surface area is 76.3 Å². The Morgan fingerprint density at radius 2 is 2.46 bits per heavy atom. The summed E-state index contributed by atoms with van der Waals surface area (Å²) in [5, 5.41) is 8.44. The molecule has 4 heteroatoms. The number of aromatic nitrogens is 1. The Bertz CT molecular complexity index is 360. The summed E-state index contributed by atoms with van der Waals surface area (Å²) in [5.41, 5.74) is 1.29. The number of nitrogens with zero attached hydrogens (tertiary/aromatic N) is 2. The Hall–Kier alpha value is -1.76. The summed E-state index contributed by atoms with van der Waals surface area (Å²) >= 11 is 0. The summed E-state index contributed by atoms with van der Waals surface area (Å²) in [6.45, 7) is 0. The number of rotatable bonds is 2. The van der Waals surface area contributed by atoms with Crippen LogP contribution in [0.25, 0.3) is 0 Å². The van der Waals surface area contributed by atoms with Gasteiger partial charge in [-0.2, -0.15) is 5.26 Å². The quantitative estimate of drug-likeness (QED) is 0.631. The Balaban J connectivity index is 2.97. The molecule has 1 rings (SSSR count). The zero-order valence-corrected chi connectivity index (χ0v) is 7.57. The largest absolute Gasteiger partial charge is 0.464 e. The van der Waals surface area contributed by atoms with Crippen molar-refractivity contribution in [3.63, 3.8) is 0 Å². The number of methoxy groups -OCH3 is 1. The second-order valence-corrected chi connectivity index (χ2v) is 2.67. The SMILES string of the molecule is COC(=O)c1cc(CC#N)cn1C. The fourth-order valence-corrected chi connectivity index (χ4v) is 1.13. The molecule has 0 N–H and O–H groups in total. The third-order valence-electron chi connectivity index (χ3n) is 1.74. The van der Waals surface area contributed by atoms with E-state index in [2.05, 4.69) is 4.74 Å². The van der Waals surface area contributed by atoms with Gasteiger partial charge in [0.05, 0.1) is 19.6 Å². The normalized spacial score (nSPS) is 9.31. The molecule has 13 heavy (non-hydrogen) atoms. The molecule has 0 spiro atoms. The molecule has 1 aromatic rings. The second-order valence-electron chi connectivity index (χ2n) is 2.67. The highest BCUT2D eigenvalue weighted by Crippen LogP contribution is 2.08. The molecule has 0 fully saturated rings. The minimum Gasteiger partial charge on any atom is -0.464 e. The van der Waals surface area contributed by atoms with Gasteiger partial charge in [-0.05, 0) is 11.6 Å². The molecule has 0 aromatic carbocycles. The van der Waals surface area contributed by atoms with Crippen LogP contribution in [-0.4, -0.2) is 17.6 Å². The molecule has 0 saturated carbocycles. The van der Waals surface area contributed by atoms with Crippen LogP contribution in [-0.2, 0) is 18.2 Å². The first-order chi connectivity index (χ1) is 6.19. The van der Waals surface area contributed by atoms with Crippen LogP contribution in [0.15, 0.2) is 12.3 Å². The fourth-order valence-electron chi connectivity index (χ4n) is 1.13. The maximum atomic E-state index is 11.1. The number of ether oxygens (including phenoxy) is 1. The molecular formula is C9H10N2O2. The van der Waals surface area contributed by atoms with Gasteiger partial charge in [-0.1, -0.05) is 0 Å². The van der Waals surface area contributed by atoms with Gasteiger partial charge in [0, 0.05) is 13.2 Å². The average molecular weight is 178 g/mol. The van der Waals surface area contributed by atoms with E-state index in [1.165, 1.54) is 7.11 Å². The number of hydrogen-bond donors (Lipinski definition) is 0. The second kappa shape index (κ2) is 3.76. The summed E-state index contributed by atoms with van der Waals surface area (Å²) in [6.07, 6.45) is 2.06. The first-order valence-corrected chi connectivity index (χ1v) is 3.79. The van der Waals surface area contributed by atoms with Crippen molar-refractivity contribution in [2.75, 3.05) is 7.11 Å². The highest BCUT2D eigenvalue weighted by Gasteiger charge is 2.10. The molecule has 0 bridgehead atoms. The smallest absolute Gasteiger partial charge is 0.354 e. The van der Waals surface area contributed by atoms with E-state index in [4.69, 9.17) is 5.26 Å². The van der Waals surface area contributed by atoms with Gasteiger partial charge in [-0.25, -0.2) is 4.79 Å². The lowest BCUT2D eigenvalue weighted by Crippen LogP contribution is -2.06. The predicted octanol–water partition coefficient (Wildman–Crippen LogP) is 0.878. The van der Waals surface area contributed by atoms with Crippen molar-refractivity contribution < 1.29 is 9.53 Å². The van der Waals surface area contributed by atoms with E-state index in [0.29, 0.717) is 12.1 Å². The van der Waals surface area contributed by atoms with Crippen molar-refractivity contribution in [1.82, 2.24) is 4.57 Å². The highest BCUT2D eigenvalue weighted by molar-refractivity contribution is 5.87. The topological polar surface area (TPSA) is 55.0 Å². The predicted molar refractivity (Wildman–Crippen MR) is 46.1 cm³/mol. The van der Waals surface area contributed by atoms with Gasteiger partial charge in [-0.3, -0.25) is 0 Å². The van der Waals surface area contributed by atoms with Crippen LogP contribution in [0.3, 0.4) is 0 Å². The molecule has 4 nitrogen and oxygen atoms in total. The van der Waals surface area contributed by atoms with Gasteiger partial charge in [0.1, 0.15) is 5.69 Å². The first kappa shape index (κ1) is 9.33. The minimum atomic E-state index is -0.383. The van der Waals surface area contributed by atoms with Crippen molar-refractivity contribution in [2.45, 2.75) is 6.42 Å². The van der Waals surface area contributed by atoms with Crippen molar-refractivity contribution in [3.8, 4) is 6.07 Å². The Morgan fingerprint density at radius 1 is 1.77 bits per heavy atom. The molecule has 0 aliphatic rings. The molecule has 0 aliphatic carbocycles. The summed E-state index contributed by atoms with van der Waals surface area (Å²) in [6, 6.07) is 3.68. The van der Waals surface area contributed by atoms with Crippen LogP contribution in [0.5, 0.6) is 0 Å². The Morgan fingerprint density at radius 3 is 3.00 bits per heavy atom. The van der Waals surface area contributed by atoms with Crippen LogP contribution in [0.1, 0.15) is 16.1 Å². The van der Waals surface area contributed by atoms with Gasteiger partial charge in [0.15, 0.2) is 0 Å². The van der Waals surface area contributed by atoms with Crippen LogP contribution < -0.4 is 0 Å². The molecule has 0 saturated heterocycles. The highest BCUT2D eigenvalue weighted by atomic mass is 16.5. The maximum absolute atomic E-state index is 11.1. The lowest BCUT2D eigenvalue weighted by atomic mass is 10.2. The summed E-state index contributed by atoms with van der Waals surface area (Å²) < 4.78 is 6.22. The molecular weight excluding hydrogens is 168 g/mol. The summed E-state index contributed by atoms with van der Waals surface area (Å²) in [5.74, 6) is -0.383. The number of carbonyl (C=O) groups is 1. The number of nitriles is 1. The van der Waals surface area contributed by atoms with Gasteiger partial charge in [-0.15, -0.1) is 0 Å². The van der Waals surface area contributed by atoms with E-state index in [1.807, 2.05) is 6.07 Å². The standard InChI is InChI=1S/C9H10N2O2/c1-11-6-7(3-4-10)5-8(11)9(12)13-2/h5-6H,3H2,1-2H3. The lowest BCUT2D eigenvalue weighted by molar-refractivity contribution is 0.0590. The zero-order valence-electron chi connectivity index (χ0n) is 7.57. The van der Waals surface area contributed by atoms with E-state index < -0.39 is 0 Å². The molecule has 0 amide bonds. The molecule has 0 unspecified atom stereocenters. The van der Waals surface area contributed by atoms with E-state index >= 15 is 0 Å². The van der Waals surface area contributed by atoms with Gasteiger partial charge >= 0.3 is 5.97 Å². The lowest BCUT2D eigenvalue weighted by Gasteiger charge is -1.98. The number of aryl methyl sites for hydroxylation is 1. The van der Waals surface area contributed by atoms with E-state index in [0.717, 1.165) is 5.56 Å². The minimum absolute atomic E-state index is 0.310. The maximum Gasteiger partial charge on any atom is 0.354 e. The molecule has 1 aromatic heterocycles. The van der Waals surface area contributed by atoms with E-state index in [1.54, 1.807) is 23.9 Å². The third-order valence-corrected chi connectivity index (χ3v) is 1.74. The number of carbonyl (C=O) groups excluding carboxylic acids is 1. The van der Waals surface area contributed by atoms with Crippen LogP contribution in [0.4, 0.5) is 0 Å². The van der Waals surface area contributed by atoms with Gasteiger partial charge < -0.3 is 9.30 Å². The summed E-state index contributed by atoms with van der Waals surface area (Å²) in [7, 11) is 3.08. The van der Waals surface area contributed by atoms with Crippen LogP contribution in [0.2, 0.25) is 0 Å². The average Bonchev–Trinajstić information content (AvgIpc) is 2.46. The van der Waals surface area contributed by atoms with Crippen molar-refractivity contribution in [2.24, 2.45) is 7.05 Å². The van der Waals surface area contributed by atoms with E-state index in [9.17, 15) is 4.79 Å². The van der Waals surface area contributed by atoms with Crippen molar-refractivity contribution in [1.29, 1.82) is 5.26 Å². The van der Waals surface area contributed by atoms with Crippen LogP contribution >= 0.6 is 0 Å².